The summed E-state index contributed by atoms with van der Waals surface area (Å²) >= 11 is 3.46. The molecule has 0 saturated carbocycles. The van der Waals surface area contributed by atoms with Crippen molar-refractivity contribution in [2.45, 2.75) is 12.5 Å². The summed E-state index contributed by atoms with van der Waals surface area (Å²) in [4.78, 5) is 14.3. The molecule has 2 aromatic rings. The minimum Gasteiger partial charge on any atom is -0.383 e. The molecule has 2 N–H and O–H groups in total. The highest BCUT2D eigenvalue weighted by Gasteiger charge is 2.15. The predicted molar refractivity (Wildman–Crippen MR) is 88.0 cm³/mol. The van der Waals surface area contributed by atoms with E-state index in [1.54, 1.807) is 29.8 Å². The minimum absolute atomic E-state index is 0.000198. The van der Waals surface area contributed by atoms with Crippen LogP contribution in [-0.4, -0.2) is 32.7 Å². The van der Waals surface area contributed by atoms with Gasteiger partial charge in [-0.25, -0.2) is 0 Å². The first-order valence-corrected chi connectivity index (χ1v) is 8.60. The normalized spacial score (nSPS) is 12.2. The average molecular weight is 324 g/mol. The second-order valence-corrected chi connectivity index (χ2v) is 6.59. The lowest BCUT2D eigenvalue weighted by molar-refractivity contribution is -0.120. The van der Waals surface area contributed by atoms with Crippen LogP contribution in [0.5, 0.6) is 0 Å². The summed E-state index contributed by atoms with van der Waals surface area (Å²) < 4.78 is 4.91. The molecule has 114 valence electrons. The molecule has 0 aliphatic heterocycles. The number of nitrogens with one attached hydrogen (secondary N) is 2. The monoisotopic (exact) mass is 324 g/mol. The molecule has 2 heterocycles. The van der Waals surface area contributed by atoms with Gasteiger partial charge in [-0.2, -0.15) is 0 Å². The van der Waals surface area contributed by atoms with E-state index in [-0.39, 0.29) is 11.9 Å². The zero-order valence-corrected chi connectivity index (χ0v) is 13.6. The Morgan fingerprint density at radius 1 is 1.29 bits per heavy atom. The standard InChI is InChI=1S/C15H20N2O2S2/c1-19-7-6-16-15(18)11-17-13(14-5-3-9-21-14)10-12-4-2-8-20-12/h2-5,8-9,13,17H,6-7,10-11H2,1H3,(H,16,18). The van der Waals surface area contributed by atoms with Gasteiger partial charge in [0.25, 0.3) is 0 Å². The van der Waals surface area contributed by atoms with Gasteiger partial charge in [-0.3, -0.25) is 4.79 Å². The van der Waals surface area contributed by atoms with Crippen molar-refractivity contribution in [3.05, 3.63) is 44.8 Å². The SMILES string of the molecule is COCCNC(=O)CNC(Cc1cccs1)c1cccs1. The quantitative estimate of drug-likeness (QED) is 0.697. The van der Waals surface area contributed by atoms with Crippen LogP contribution in [0, 0.1) is 0 Å². The van der Waals surface area contributed by atoms with E-state index in [4.69, 9.17) is 4.74 Å². The Kier molecular flexibility index (Phi) is 6.88. The Morgan fingerprint density at radius 2 is 2.10 bits per heavy atom. The Balaban J connectivity index is 1.86. The minimum atomic E-state index is -0.000198. The summed E-state index contributed by atoms with van der Waals surface area (Å²) in [7, 11) is 1.62. The number of carbonyl (C=O) groups is 1. The van der Waals surface area contributed by atoms with Crippen LogP contribution in [0.15, 0.2) is 35.0 Å². The maximum atomic E-state index is 11.8. The van der Waals surface area contributed by atoms with E-state index in [0.717, 1.165) is 6.42 Å². The lowest BCUT2D eigenvalue weighted by atomic mass is 10.1. The number of ether oxygens (including phenoxy) is 1. The van der Waals surface area contributed by atoms with Crippen LogP contribution in [0.2, 0.25) is 0 Å². The third-order valence-electron chi connectivity index (χ3n) is 3.01. The van der Waals surface area contributed by atoms with E-state index in [0.29, 0.717) is 19.7 Å². The third-order valence-corrected chi connectivity index (χ3v) is 4.89. The van der Waals surface area contributed by atoms with Gasteiger partial charge in [0, 0.05) is 35.9 Å². The lowest BCUT2D eigenvalue weighted by Gasteiger charge is -2.16. The van der Waals surface area contributed by atoms with Crippen LogP contribution in [0.1, 0.15) is 15.8 Å². The molecule has 2 rings (SSSR count). The first-order chi connectivity index (χ1) is 10.3. The molecule has 1 atom stereocenters. The molecule has 0 aliphatic carbocycles. The topological polar surface area (TPSA) is 50.4 Å². The van der Waals surface area contributed by atoms with Gasteiger partial charge < -0.3 is 15.4 Å². The van der Waals surface area contributed by atoms with E-state index >= 15 is 0 Å². The first-order valence-electron chi connectivity index (χ1n) is 6.84. The molecule has 1 unspecified atom stereocenters. The molecule has 21 heavy (non-hydrogen) atoms. The fourth-order valence-electron chi connectivity index (χ4n) is 1.96. The maximum absolute atomic E-state index is 11.8. The molecular weight excluding hydrogens is 304 g/mol. The summed E-state index contributed by atoms with van der Waals surface area (Å²) in [5, 5.41) is 10.3. The van der Waals surface area contributed by atoms with E-state index in [1.165, 1.54) is 9.75 Å². The highest BCUT2D eigenvalue weighted by molar-refractivity contribution is 7.10. The lowest BCUT2D eigenvalue weighted by Crippen LogP contribution is -2.37. The second-order valence-electron chi connectivity index (χ2n) is 4.58. The van der Waals surface area contributed by atoms with Crippen molar-refractivity contribution >= 4 is 28.6 Å². The third kappa shape index (κ3) is 5.59. The molecule has 0 aliphatic rings. The van der Waals surface area contributed by atoms with Crippen molar-refractivity contribution in [2.24, 2.45) is 0 Å². The molecule has 1 amide bonds. The Hall–Kier alpha value is -1.21. The molecule has 0 bridgehead atoms. The number of rotatable bonds is 9. The van der Waals surface area contributed by atoms with E-state index in [2.05, 4.69) is 39.6 Å². The van der Waals surface area contributed by atoms with Crippen molar-refractivity contribution in [3.63, 3.8) is 0 Å². The number of amides is 1. The molecule has 6 heteroatoms. The molecule has 0 fully saturated rings. The van der Waals surface area contributed by atoms with Crippen molar-refractivity contribution in [3.8, 4) is 0 Å². The van der Waals surface area contributed by atoms with Crippen LogP contribution in [0.25, 0.3) is 0 Å². The van der Waals surface area contributed by atoms with Gasteiger partial charge in [-0.1, -0.05) is 12.1 Å². The summed E-state index contributed by atoms with van der Waals surface area (Å²) in [5.41, 5.74) is 0. The van der Waals surface area contributed by atoms with Gasteiger partial charge in [0.15, 0.2) is 0 Å². The van der Waals surface area contributed by atoms with Crippen molar-refractivity contribution in [1.82, 2.24) is 10.6 Å². The number of hydrogen-bond donors (Lipinski definition) is 2. The van der Waals surface area contributed by atoms with E-state index in [9.17, 15) is 4.79 Å². The van der Waals surface area contributed by atoms with Crippen LogP contribution in [0.3, 0.4) is 0 Å². The smallest absolute Gasteiger partial charge is 0.234 e. The van der Waals surface area contributed by atoms with E-state index in [1.807, 2.05) is 6.07 Å². The fraction of sp³-hybridized carbons (Fsp3) is 0.400. The second kappa shape index (κ2) is 8.94. The van der Waals surface area contributed by atoms with Crippen molar-refractivity contribution < 1.29 is 9.53 Å². The highest BCUT2D eigenvalue weighted by atomic mass is 32.1. The average Bonchev–Trinajstić information content (AvgIpc) is 3.16. The summed E-state index contributed by atoms with van der Waals surface area (Å²) in [6, 6.07) is 8.52. The highest BCUT2D eigenvalue weighted by Crippen LogP contribution is 2.24. The summed E-state index contributed by atoms with van der Waals surface area (Å²) in [5.74, 6) is -0.000198. The van der Waals surface area contributed by atoms with E-state index < -0.39 is 0 Å². The van der Waals surface area contributed by atoms with Gasteiger partial charge in [0.05, 0.1) is 13.2 Å². The number of hydrogen-bond acceptors (Lipinski definition) is 5. The largest absolute Gasteiger partial charge is 0.383 e. The Labute approximate surface area is 133 Å². The summed E-state index contributed by atoms with van der Waals surface area (Å²) in [6.45, 7) is 1.40. The van der Waals surface area contributed by atoms with Crippen molar-refractivity contribution in [1.29, 1.82) is 0 Å². The fourth-order valence-corrected chi connectivity index (χ4v) is 3.52. The van der Waals surface area contributed by atoms with Gasteiger partial charge in [0.2, 0.25) is 5.91 Å². The first kappa shape index (κ1) is 16.2. The number of thiophene rings is 2. The van der Waals surface area contributed by atoms with Crippen LogP contribution >= 0.6 is 22.7 Å². The van der Waals surface area contributed by atoms with Gasteiger partial charge in [0.1, 0.15) is 0 Å². The van der Waals surface area contributed by atoms with Crippen LogP contribution in [0.4, 0.5) is 0 Å². The Morgan fingerprint density at radius 3 is 2.76 bits per heavy atom. The molecular formula is C15H20N2O2S2. The molecule has 2 aromatic heterocycles. The molecule has 0 spiro atoms. The van der Waals surface area contributed by atoms with Gasteiger partial charge in [-0.05, 0) is 22.9 Å². The zero-order chi connectivity index (χ0) is 14.9. The molecule has 4 nitrogen and oxygen atoms in total. The predicted octanol–water partition coefficient (Wildman–Crippen LogP) is 2.45. The maximum Gasteiger partial charge on any atom is 0.234 e. The number of carbonyl (C=O) groups excluding carboxylic acids is 1. The van der Waals surface area contributed by atoms with Gasteiger partial charge in [-0.15, -0.1) is 22.7 Å². The van der Waals surface area contributed by atoms with Crippen LogP contribution < -0.4 is 10.6 Å². The van der Waals surface area contributed by atoms with Gasteiger partial charge >= 0.3 is 0 Å². The number of methoxy groups -OCH3 is 1. The van der Waals surface area contributed by atoms with Crippen molar-refractivity contribution in [2.75, 3.05) is 26.8 Å². The Bertz CT molecular complexity index is 512. The zero-order valence-electron chi connectivity index (χ0n) is 12.0. The molecule has 0 aromatic carbocycles. The van der Waals surface area contributed by atoms with Crippen LogP contribution in [-0.2, 0) is 16.0 Å². The molecule has 0 saturated heterocycles. The summed E-state index contributed by atoms with van der Waals surface area (Å²) in [6.07, 6.45) is 0.906. The molecule has 0 radical (unpaired) electrons.